The Morgan fingerprint density at radius 2 is 2.25 bits per heavy atom. The summed E-state index contributed by atoms with van der Waals surface area (Å²) in [4.78, 5) is 11.9. The number of furan rings is 1. The van der Waals surface area contributed by atoms with Crippen molar-refractivity contribution < 1.29 is 13.6 Å². The molecule has 0 aliphatic rings. The third-order valence-corrected chi connectivity index (χ3v) is 2.54. The number of nitrogens with two attached hydrogens (primary N) is 1. The first-order valence-corrected chi connectivity index (χ1v) is 5.95. The largest absolute Gasteiger partial charge is 0.469 e. The molecule has 2 aromatic rings. The first-order chi connectivity index (χ1) is 9.60. The number of nitrogens with one attached hydrogen (secondary N) is 1. The van der Waals surface area contributed by atoms with Gasteiger partial charge in [0.15, 0.2) is 0 Å². The van der Waals surface area contributed by atoms with Crippen LogP contribution in [0.1, 0.15) is 21.7 Å². The zero-order valence-electron chi connectivity index (χ0n) is 10.9. The highest BCUT2D eigenvalue weighted by Gasteiger charge is 2.11. The van der Waals surface area contributed by atoms with E-state index in [9.17, 15) is 9.18 Å². The van der Waals surface area contributed by atoms with Gasteiger partial charge in [0.1, 0.15) is 17.8 Å². The lowest BCUT2D eigenvalue weighted by Gasteiger charge is -2.05. The van der Waals surface area contributed by atoms with Gasteiger partial charge < -0.3 is 15.5 Å². The molecule has 0 saturated carbocycles. The summed E-state index contributed by atoms with van der Waals surface area (Å²) in [7, 11) is 0. The highest BCUT2D eigenvalue weighted by Crippen LogP contribution is 2.17. The highest BCUT2D eigenvalue weighted by atomic mass is 19.1. The first-order valence-electron chi connectivity index (χ1n) is 5.95. The zero-order chi connectivity index (χ0) is 14.5. The maximum atomic E-state index is 13.8. The van der Waals surface area contributed by atoms with Crippen molar-refractivity contribution in [2.45, 2.75) is 6.92 Å². The van der Waals surface area contributed by atoms with Crippen molar-refractivity contribution in [1.82, 2.24) is 0 Å². The van der Waals surface area contributed by atoms with Crippen LogP contribution in [0.2, 0.25) is 0 Å². The van der Waals surface area contributed by atoms with Crippen molar-refractivity contribution in [1.29, 1.82) is 0 Å². The lowest BCUT2D eigenvalue weighted by atomic mass is 10.2. The van der Waals surface area contributed by atoms with E-state index in [2.05, 4.69) is 17.2 Å². The first kappa shape index (κ1) is 13.8. The molecule has 0 aliphatic heterocycles. The molecule has 2 rings (SSSR count). The van der Waals surface area contributed by atoms with E-state index in [4.69, 9.17) is 10.2 Å². The highest BCUT2D eigenvalue weighted by molar-refractivity contribution is 6.04. The maximum absolute atomic E-state index is 13.8. The molecular weight excluding hydrogens is 259 g/mol. The third-order valence-electron chi connectivity index (χ3n) is 2.54. The summed E-state index contributed by atoms with van der Waals surface area (Å²) in [5, 5.41) is 2.48. The fraction of sp³-hybridized carbons (Fsp3) is 0.133. The molecule has 0 atom stereocenters. The molecule has 0 radical (unpaired) electrons. The number of anilines is 1. The van der Waals surface area contributed by atoms with E-state index in [0.717, 1.165) is 0 Å². The van der Waals surface area contributed by atoms with E-state index in [0.29, 0.717) is 16.9 Å². The van der Waals surface area contributed by atoms with Crippen LogP contribution in [0.25, 0.3) is 0 Å². The van der Waals surface area contributed by atoms with Crippen molar-refractivity contribution in [3.63, 3.8) is 0 Å². The SMILES string of the molecule is Cc1cc(C(=O)Nc2ccc(C#CCN)cc2F)co1. The predicted molar refractivity (Wildman–Crippen MR) is 73.7 cm³/mol. The predicted octanol–water partition coefficient (Wildman–Crippen LogP) is 2.29. The number of amides is 1. The molecule has 1 aromatic heterocycles. The van der Waals surface area contributed by atoms with E-state index in [1.807, 2.05) is 0 Å². The van der Waals surface area contributed by atoms with Crippen LogP contribution >= 0.6 is 0 Å². The number of benzene rings is 1. The molecule has 1 aromatic carbocycles. The van der Waals surface area contributed by atoms with Crippen LogP contribution in [0.5, 0.6) is 0 Å². The standard InChI is InChI=1S/C15H13FN2O2/c1-10-7-12(9-20-10)15(19)18-14-5-4-11(3-2-6-17)8-13(14)16/h4-5,7-9H,6,17H2,1H3,(H,18,19). The number of rotatable bonds is 2. The summed E-state index contributed by atoms with van der Waals surface area (Å²) in [5.41, 5.74) is 6.18. The lowest BCUT2D eigenvalue weighted by Crippen LogP contribution is -2.12. The van der Waals surface area contributed by atoms with Crippen molar-refractivity contribution in [2.75, 3.05) is 11.9 Å². The minimum absolute atomic E-state index is 0.0900. The summed E-state index contributed by atoms with van der Waals surface area (Å²) >= 11 is 0. The van der Waals surface area contributed by atoms with Gasteiger partial charge in [0.25, 0.3) is 5.91 Å². The molecule has 3 N–H and O–H groups in total. The van der Waals surface area contributed by atoms with E-state index >= 15 is 0 Å². The number of carbonyl (C=O) groups is 1. The van der Waals surface area contributed by atoms with Gasteiger partial charge in [0.2, 0.25) is 0 Å². The fourth-order valence-corrected chi connectivity index (χ4v) is 1.60. The minimum atomic E-state index is -0.553. The van der Waals surface area contributed by atoms with Crippen molar-refractivity contribution >= 4 is 11.6 Å². The van der Waals surface area contributed by atoms with Crippen LogP contribution in [-0.4, -0.2) is 12.5 Å². The van der Waals surface area contributed by atoms with Crippen LogP contribution in [0.3, 0.4) is 0 Å². The Morgan fingerprint density at radius 3 is 2.85 bits per heavy atom. The molecule has 4 nitrogen and oxygen atoms in total. The van der Waals surface area contributed by atoms with Gasteiger partial charge in [0.05, 0.1) is 17.8 Å². The number of carbonyl (C=O) groups excluding carboxylic acids is 1. The third kappa shape index (κ3) is 3.25. The van der Waals surface area contributed by atoms with Crippen LogP contribution in [0.15, 0.2) is 34.9 Å². The molecule has 0 bridgehead atoms. The van der Waals surface area contributed by atoms with E-state index in [-0.39, 0.29) is 12.2 Å². The van der Waals surface area contributed by atoms with Gasteiger partial charge in [0, 0.05) is 5.56 Å². The molecule has 0 fully saturated rings. The number of aryl methyl sites for hydroxylation is 1. The molecule has 5 heteroatoms. The average molecular weight is 272 g/mol. The molecule has 0 saturated heterocycles. The summed E-state index contributed by atoms with van der Waals surface area (Å²) in [5.74, 6) is 4.98. The molecule has 102 valence electrons. The summed E-state index contributed by atoms with van der Waals surface area (Å²) in [6.07, 6.45) is 1.32. The van der Waals surface area contributed by atoms with Gasteiger partial charge in [-0.05, 0) is 31.2 Å². The zero-order valence-corrected chi connectivity index (χ0v) is 10.9. The molecule has 20 heavy (non-hydrogen) atoms. The Kier molecular flexibility index (Phi) is 4.18. The van der Waals surface area contributed by atoms with Gasteiger partial charge in [-0.2, -0.15) is 0 Å². The van der Waals surface area contributed by atoms with E-state index in [1.165, 1.54) is 18.4 Å². The second-order valence-corrected chi connectivity index (χ2v) is 4.10. The normalized spacial score (nSPS) is 9.75. The molecule has 0 unspecified atom stereocenters. The lowest BCUT2D eigenvalue weighted by molar-refractivity contribution is 0.102. The number of hydrogen-bond acceptors (Lipinski definition) is 3. The van der Waals surface area contributed by atoms with Gasteiger partial charge in [-0.15, -0.1) is 0 Å². The second-order valence-electron chi connectivity index (χ2n) is 4.10. The Labute approximate surface area is 115 Å². The van der Waals surface area contributed by atoms with E-state index < -0.39 is 11.7 Å². The average Bonchev–Trinajstić information content (AvgIpc) is 2.86. The molecule has 1 amide bonds. The Bertz CT molecular complexity index is 695. The summed E-state index contributed by atoms with van der Waals surface area (Å²) < 4.78 is 18.9. The van der Waals surface area contributed by atoms with Gasteiger partial charge in [-0.25, -0.2) is 4.39 Å². The summed E-state index contributed by atoms with van der Waals surface area (Å²) in [6, 6.07) is 5.90. The van der Waals surface area contributed by atoms with Crippen LogP contribution in [-0.2, 0) is 0 Å². The second kappa shape index (κ2) is 6.04. The number of halogens is 1. The van der Waals surface area contributed by atoms with Crippen LogP contribution < -0.4 is 11.1 Å². The Balaban J connectivity index is 2.16. The van der Waals surface area contributed by atoms with Crippen LogP contribution in [0.4, 0.5) is 10.1 Å². The van der Waals surface area contributed by atoms with Gasteiger partial charge in [-0.3, -0.25) is 4.79 Å². The Hall–Kier alpha value is -2.58. The van der Waals surface area contributed by atoms with E-state index in [1.54, 1.807) is 19.1 Å². The Morgan fingerprint density at radius 1 is 1.45 bits per heavy atom. The molecular formula is C15H13FN2O2. The molecule has 1 heterocycles. The smallest absolute Gasteiger partial charge is 0.259 e. The maximum Gasteiger partial charge on any atom is 0.259 e. The molecule has 0 aliphatic carbocycles. The van der Waals surface area contributed by atoms with Crippen LogP contribution in [0, 0.1) is 24.6 Å². The van der Waals surface area contributed by atoms with Gasteiger partial charge >= 0.3 is 0 Å². The fourth-order valence-electron chi connectivity index (χ4n) is 1.60. The molecule has 0 spiro atoms. The minimum Gasteiger partial charge on any atom is -0.469 e. The monoisotopic (exact) mass is 272 g/mol. The quantitative estimate of drug-likeness (QED) is 0.824. The number of hydrogen-bond donors (Lipinski definition) is 2. The summed E-state index contributed by atoms with van der Waals surface area (Å²) in [6.45, 7) is 1.93. The van der Waals surface area contributed by atoms with Crippen molar-refractivity contribution in [2.24, 2.45) is 5.73 Å². The van der Waals surface area contributed by atoms with Gasteiger partial charge in [-0.1, -0.05) is 11.8 Å². The topological polar surface area (TPSA) is 68.3 Å². The van der Waals surface area contributed by atoms with Crippen molar-refractivity contribution in [3.8, 4) is 11.8 Å². The van der Waals surface area contributed by atoms with Crippen molar-refractivity contribution in [3.05, 3.63) is 53.2 Å².